The van der Waals surface area contributed by atoms with Gasteiger partial charge in [-0.3, -0.25) is 4.79 Å². The zero-order chi connectivity index (χ0) is 20.1. The van der Waals surface area contributed by atoms with Crippen LogP contribution < -0.4 is 5.32 Å². The summed E-state index contributed by atoms with van der Waals surface area (Å²) in [5, 5.41) is 21.3. The number of anilines is 1. The SMILES string of the molecule is Cc1ccc(NC(=O)/C(C#N)=C\c2cccn2-c2cccc(C(=O)O)c2)cc1. The van der Waals surface area contributed by atoms with Crippen molar-refractivity contribution in [3.05, 3.63) is 89.3 Å². The average molecular weight is 371 g/mol. The van der Waals surface area contributed by atoms with Gasteiger partial charge in [0.1, 0.15) is 11.6 Å². The quantitative estimate of drug-likeness (QED) is 0.523. The number of benzene rings is 2. The zero-order valence-corrected chi connectivity index (χ0v) is 15.1. The Hall–Kier alpha value is -4.11. The van der Waals surface area contributed by atoms with Crippen LogP contribution in [0.4, 0.5) is 5.69 Å². The lowest BCUT2D eigenvalue weighted by Crippen LogP contribution is -2.13. The van der Waals surface area contributed by atoms with Gasteiger partial charge in [-0.05, 0) is 55.5 Å². The van der Waals surface area contributed by atoms with Crippen LogP contribution in [0, 0.1) is 18.3 Å². The molecule has 1 heterocycles. The lowest BCUT2D eigenvalue weighted by molar-refractivity contribution is -0.112. The molecule has 0 radical (unpaired) electrons. The van der Waals surface area contributed by atoms with Gasteiger partial charge in [0.15, 0.2) is 0 Å². The lowest BCUT2D eigenvalue weighted by Gasteiger charge is -2.09. The number of nitrogens with one attached hydrogen (secondary N) is 1. The van der Waals surface area contributed by atoms with Gasteiger partial charge < -0.3 is 15.0 Å². The fourth-order valence-electron chi connectivity index (χ4n) is 2.67. The zero-order valence-electron chi connectivity index (χ0n) is 15.1. The number of carboxylic acid groups (broad SMARTS) is 1. The Morgan fingerprint density at radius 2 is 1.86 bits per heavy atom. The topological polar surface area (TPSA) is 95.1 Å². The van der Waals surface area contributed by atoms with E-state index >= 15 is 0 Å². The summed E-state index contributed by atoms with van der Waals surface area (Å²) in [5.41, 5.74) is 2.95. The number of amides is 1. The van der Waals surface area contributed by atoms with Crippen molar-refractivity contribution in [3.63, 3.8) is 0 Å². The fraction of sp³-hybridized carbons (Fsp3) is 0.0455. The predicted molar refractivity (Wildman–Crippen MR) is 106 cm³/mol. The number of hydrogen-bond acceptors (Lipinski definition) is 3. The molecule has 0 spiro atoms. The maximum atomic E-state index is 12.5. The van der Waals surface area contributed by atoms with E-state index in [0.717, 1.165) is 5.56 Å². The molecule has 0 atom stereocenters. The molecule has 3 rings (SSSR count). The molecule has 0 bridgehead atoms. The van der Waals surface area contributed by atoms with Crippen LogP contribution in [0.1, 0.15) is 21.6 Å². The maximum absolute atomic E-state index is 12.5. The lowest BCUT2D eigenvalue weighted by atomic mass is 10.1. The van der Waals surface area contributed by atoms with Crippen molar-refractivity contribution in [2.24, 2.45) is 0 Å². The molecule has 1 amide bonds. The van der Waals surface area contributed by atoms with Gasteiger partial charge in [0.05, 0.1) is 5.56 Å². The predicted octanol–water partition coefficient (Wildman–Crippen LogP) is 4.03. The third-order valence-electron chi connectivity index (χ3n) is 4.12. The number of aryl methyl sites for hydroxylation is 1. The van der Waals surface area contributed by atoms with E-state index in [9.17, 15) is 20.0 Å². The number of rotatable bonds is 5. The van der Waals surface area contributed by atoms with Crippen LogP contribution in [0.3, 0.4) is 0 Å². The molecule has 0 fully saturated rings. The van der Waals surface area contributed by atoms with Gasteiger partial charge in [0.2, 0.25) is 0 Å². The number of carbonyl (C=O) groups is 2. The second-order valence-electron chi connectivity index (χ2n) is 6.15. The molecule has 2 N–H and O–H groups in total. The molecule has 0 unspecified atom stereocenters. The van der Waals surface area contributed by atoms with E-state index in [1.807, 2.05) is 25.1 Å². The van der Waals surface area contributed by atoms with Crippen molar-refractivity contribution in [2.45, 2.75) is 6.92 Å². The Kier molecular flexibility index (Phi) is 5.38. The minimum Gasteiger partial charge on any atom is -0.478 e. The molecule has 2 aromatic carbocycles. The minimum absolute atomic E-state index is 0.0603. The van der Waals surface area contributed by atoms with E-state index in [2.05, 4.69) is 5.32 Å². The summed E-state index contributed by atoms with van der Waals surface area (Å²) in [6, 6.07) is 19.1. The van der Waals surface area contributed by atoms with E-state index in [0.29, 0.717) is 17.1 Å². The molecule has 3 aromatic rings. The van der Waals surface area contributed by atoms with Crippen LogP contribution in [-0.2, 0) is 4.79 Å². The van der Waals surface area contributed by atoms with Gasteiger partial charge in [-0.1, -0.05) is 23.8 Å². The van der Waals surface area contributed by atoms with E-state index < -0.39 is 11.9 Å². The van der Waals surface area contributed by atoms with Crippen LogP contribution in [0.15, 0.2) is 72.4 Å². The maximum Gasteiger partial charge on any atom is 0.335 e. The number of nitriles is 1. The summed E-state index contributed by atoms with van der Waals surface area (Å²) in [5.74, 6) is -1.54. The molecular formula is C22H17N3O3. The molecule has 6 heteroatoms. The first kappa shape index (κ1) is 18.7. The summed E-state index contributed by atoms with van der Waals surface area (Å²) in [4.78, 5) is 23.7. The molecule has 0 saturated carbocycles. The number of carbonyl (C=O) groups excluding carboxylic acids is 1. The molecule has 0 aliphatic rings. The van der Waals surface area contributed by atoms with Crippen LogP contribution >= 0.6 is 0 Å². The first-order valence-corrected chi connectivity index (χ1v) is 8.49. The Morgan fingerprint density at radius 3 is 2.54 bits per heavy atom. The third kappa shape index (κ3) is 4.17. The van der Waals surface area contributed by atoms with Gasteiger partial charge in [-0.25, -0.2) is 4.79 Å². The standard InChI is InChI=1S/C22H17N3O3/c1-15-7-9-18(10-8-15)24-21(26)17(14-23)13-20-6-3-11-25(20)19-5-2-4-16(12-19)22(27)28/h2-13H,1H3,(H,24,26)(H,27,28)/b17-13-. The average Bonchev–Trinajstić information content (AvgIpc) is 3.16. The highest BCUT2D eigenvalue weighted by molar-refractivity contribution is 6.09. The van der Waals surface area contributed by atoms with E-state index in [1.54, 1.807) is 47.2 Å². The van der Waals surface area contributed by atoms with Crippen molar-refractivity contribution < 1.29 is 14.7 Å². The van der Waals surface area contributed by atoms with Crippen molar-refractivity contribution >= 4 is 23.6 Å². The molecular weight excluding hydrogens is 354 g/mol. The highest BCUT2D eigenvalue weighted by Crippen LogP contribution is 2.18. The second kappa shape index (κ2) is 8.06. The summed E-state index contributed by atoms with van der Waals surface area (Å²) in [7, 11) is 0. The van der Waals surface area contributed by atoms with Crippen LogP contribution in [0.2, 0.25) is 0 Å². The number of aromatic nitrogens is 1. The molecule has 0 aliphatic heterocycles. The first-order valence-electron chi connectivity index (χ1n) is 8.49. The first-order chi connectivity index (χ1) is 13.5. The van der Waals surface area contributed by atoms with Crippen LogP contribution in [-0.4, -0.2) is 21.6 Å². The molecule has 28 heavy (non-hydrogen) atoms. The van der Waals surface area contributed by atoms with Crippen molar-refractivity contribution in [3.8, 4) is 11.8 Å². The smallest absolute Gasteiger partial charge is 0.335 e. The summed E-state index contributed by atoms with van der Waals surface area (Å²) >= 11 is 0. The van der Waals surface area contributed by atoms with E-state index in [1.165, 1.54) is 18.2 Å². The van der Waals surface area contributed by atoms with Gasteiger partial charge in [-0.2, -0.15) is 5.26 Å². The Labute approximate surface area is 162 Å². The second-order valence-corrected chi connectivity index (χ2v) is 6.15. The van der Waals surface area contributed by atoms with Gasteiger partial charge >= 0.3 is 5.97 Å². The van der Waals surface area contributed by atoms with Crippen LogP contribution in [0.25, 0.3) is 11.8 Å². The highest BCUT2D eigenvalue weighted by atomic mass is 16.4. The molecule has 0 aliphatic carbocycles. The number of nitrogens with zero attached hydrogens (tertiary/aromatic N) is 2. The Bertz CT molecular complexity index is 1100. The minimum atomic E-state index is -1.03. The van der Waals surface area contributed by atoms with E-state index in [-0.39, 0.29) is 11.1 Å². The van der Waals surface area contributed by atoms with Crippen LogP contribution in [0.5, 0.6) is 0 Å². The van der Waals surface area contributed by atoms with Gasteiger partial charge in [0.25, 0.3) is 5.91 Å². The van der Waals surface area contributed by atoms with Crippen molar-refractivity contribution in [2.75, 3.05) is 5.32 Å². The normalized spacial score (nSPS) is 10.9. The van der Waals surface area contributed by atoms with Crippen molar-refractivity contribution in [1.82, 2.24) is 4.57 Å². The summed E-state index contributed by atoms with van der Waals surface area (Å²) in [6.45, 7) is 1.94. The summed E-state index contributed by atoms with van der Waals surface area (Å²) in [6.07, 6.45) is 3.20. The molecule has 1 aromatic heterocycles. The third-order valence-corrected chi connectivity index (χ3v) is 4.12. The number of aromatic carboxylic acids is 1. The fourth-order valence-corrected chi connectivity index (χ4v) is 2.67. The van der Waals surface area contributed by atoms with Gasteiger partial charge in [0, 0.05) is 23.3 Å². The highest BCUT2D eigenvalue weighted by Gasteiger charge is 2.12. The van der Waals surface area contributed by atoms with Gasteiger partial charge in [-0.15, -0.1) is 0 Å². The number of hydrogen-bond donors (Lipinski definition) is 2. The molecule has 138 valence electrons. The Balaban J connectivity index is 1.90. The van der Waals surface area contributed by atoms with Crippen molar-refractivity contribution in [1.29, 1.82) is 5.26 Å². The number of carboxylic acids is 1. The Morgan fingerprint density at radius 1 is 1.11 bits per heavy atom. The molecule has 0 saturated heterocycles. The monoisotopic (exact) mass is 371 g/mol. The summed E-state index contributed by atoms with van der Waals surface area (Å²) < 4.78 is 1.71. The molecule has 6 nitrogen and oxygen atoms in total. The largest absolute Gasteiger partial charge is 0.478 e. The van der Waals surface area contributed by atoms with E-state index in [4.69, 9.17) is 0 Å².